The van der Waals surface area contributed by atoms with E-state index in [1.54, 1.807) is 47.5 Å². The van der Waals surface area contributed by atoms with Gasteiger partial charge in [0.2, 0.25) is 5.91 Å². The third-order valence-electron chi connectivity index (χ3n) is 6.37. The van der Waals surface area contributed by atoms with Crippen molar-refractivity contribution in [3.05, 3.63) is 78.2 Å². The molecule has 40 heavy (non-hydrogen) atoms. The number of halogens is 1. The molecule has 1 fully saturated rings. The van der Waals surface area contributed by atoms with Crippen LogP contribution in [0.15, 0.2) is 66.9 Å². The maximum Gasteiger partial charge on any atom is 0.325 e. The molecule has 210 valence electrons. The van der Waals surface area contributed by atoms with Crippen LogP contribution < -0.4 is 20.7 Å². The number of aromatic nitrogens is 1. The van der Waals surface area contributed by atoms with Gasteiger partial charge in [-0.25, -0.2) is 19.0 Å². The summed E-state index contributed by atoms with van der Waals surface area (Å²) in [7, 11) is 4.13. The van der Waals surface area contributed by atoms with E-state index < -0.39 is 17.8 Å². The van der Waals surface area contributed by atoms with Gasteiger partial charge in [0, 0.05) is 37.6 Å². The number of benzene rings is 2. The van der Waals surface area contributed by atoms with Crippen LogP contribution in [-0.4, -0.2) is 66.5 Å². The monoisotopic (exact) mass is 548 g/mol. The number of carbonyl (C=O) groups is 3. The van der Waals surface area contributed by atoms with Gasteiger partial charge in [-0.15, -0.1) is 0 Å². The highest BCUT2D eigenvalue weighted by Gasteiger charge is 2.23. The molecule has 0 atom stereocenters. The molecule has 2 heterocycles. The van der Waals surface area contributed by atoms with Crippen molar-refractivity contribution in [1.29, 1.82) is 0 Å². The van der Waals surface area contributed by atoms with Crippen LogP contribution in [0.4, 0.5) is 25.5 Å². The van der Waals surface area contributed by atoms with Crippen molar-refractivity contribution in [3.63, 3.8) is 0 Å². The lowest BCUT2D eigenvalue weighted by Crippen LogP contribution is -2.42. The first-order chi connectivity index (χ1) is 19.2. The summed E-state index contributed by atoms with van der Waals surface area (Å²) in [5.41, 5.74) is 1.05. The molecule has 11 heteroatoms. The van der Waals surface area contributed by atoms with Crippen molar-refractivity contribution >= 4 is 29.5 Å². The van der Waals surface area contributed by atoms with E-state index in [0.29, 0.717) is 47.6 Å². The Hall–Kier alpha value is -4.51. The number of pyridine rings is 1. The highest BCUT2D eigenvalue weighted by molar-refractivity contribution is 6.01. The van der Waals surface area contributed by atoms with E-state index in [0.717, 1.165) is 19.4 Å². The van der Waals surface area contributed by atoms with Crippen LogP contribution in [0.5, 0.6) is 11.5 Å². The number of piperidine rings is 1. The van der Waals surface area contributed by atoms with Gasteiger partial charge in [-0.05, 0) is 80.9 Å². The predicted molar refractivity (Wildman–Crippen MR) is 150 cm³/mol. The Kier molecular flexibility index (Phi) is 9.63. The second kappa shape index (κ2) is 13.5. The van der Waals surface area contributed by atoms with Crippen molar-refractivity contribution in [1.82, 2.24) is 20.1 Å². The Labute approximate surface area is 232 Å². The minimum absolute atomic E-state index is 0.0515. The maximum absolute atomic E-state index is 13.0. The number of hydrogen-bond acceptors (Lipinski definition) is 6. The molecule has 1 aliphatic rings. The molecular weight excluding hydrogens is 515 g/mol. The number of carbonyl (C=O) groups excluding carboxylic acids is 3. The average Bonchev–Trinajstić information content (AvgIpc) is 2.91. The van der Waals surface area contributed by atoms with Crippen molar-refractivity contribution in [2.24, 2.45) is 5.92 Å². The summed E-state index contributed by atoms with van der Waals surface area (Å²) in [6, 6.07) is 14.5. The van der Waals surface area contributed by atoms with Crippen molar-refractivity contribution in [2.75, 3.05) is 44.4 Å². The molecule has 4 rings (SSSR count). The quantitative estimate of drug-likeness (QED) is 0.376. The Balaban J connectivity index is 1.24. The van der Waals surface area contributed by atoms with E-state index in [1.807, 2.05) is 0 Å². The normalized spacial score (nSPS) is 13.6. The fourth-order valence-electron chi connectivity index (χ4n) is 4.43. The topological polar surface area (TPSA) is 116 Å². The first-order valence-electron chi connectivity index (χ1n) is 13.0. The number of urea groups is 2. The fourth-order valence-corrected chi connectivity index (χ4v) is 4.43. The maximum atomic E-state index is 13.0. The molecule has 1 aliphatic heterocycles. The molecule has 0 radical (unpaired) electrons. The molecule has 5 amide bonds. The zero-order valence-electron chi connectivity index (χ0n) is 22.5. The third-order valence-corrected chi connectivity index (χ3v) is 6.37. The SMILES string of the molecule is CN(C)CC1CCN(C(=O)Nc2cc(Oc3ccc(NC(=O)NC(=O)Cc4ccc(F)cc4)cc3)ccn2)CC1. The van der Waals surface area contributed by atoms with Crippen LogP contribution in [0.2, 0.25) is 0 Å². The van der Waals surface area contributed by atoms with Crippen LogP contribution in [0, 0.1) is 11.7 Å². The van der Waals surface area contributed by atoms with Crippen LogP contribution >= 0.6 is 0 Å². The Bertz CT molecular complexity index is 1310. The Morgan fingerprint density at radius 2 is 1.68 bits per heavy atom. The van der Waals surface area contributed by atoms with Gasteiger partial charge in [0.15, 0.2) is 0 Å². The van der Waals surface area contributed by atoms with Gasteiger partial charge in [-0.3, -0.25) is 15.4 Å². The molecule has 0 saturated carbocycles. The van der Waals surface area contributed by atoms with Crippen LogP contribution in [0.25, 0.3) is 0 Å². The molecule has 1 aromatic heterocycles. The minimum atomic E-state index is -0.683. The lowest BCUT2D eigenvalue weighted by molar-refractivity contribution is -0.119. The standard InChI is InChI=1S/C29H33FN6O4/c1-35(2)19-21-12-15-36(16-13-21)29(39)33-26-18-25(11-14-31-26)40-24-9-7-23(8-10-24)32-28(38)34-27(37)17-20-3-5-22(30)6-4-20/h3-11,14,18,21H,12-13,15-17,19H2,1-2H3,(H,31,33,39)(H2,32,34,37,38). The van der Waals surface area contributed by atoms with Crippen molar-refractivity contribution in [2.45, 2.75) is 19.3 Å². The van der Waals surface area contributed by atoms with Gasteiger partial charge in [-0.1, -0.05) is 12.1 Å². The summed E-state index contributed by atoms with van der Waals surface area (Å²) < 4.78 is 18.9. The van der Waals surface area contributed by atoms with Crippen LogP contribution in [0.1, 0.15) is 18.4 Å². The van der Waals surface area contributed by atoms with E-state index in [-0.39, 0.29) is 12.5 Å². The van der Waals surface area contributed by atoms with Gasteiger partial charge >= 0.3 is 12.1 Å². The van der Waals surface area contributed by atoms with Gasteiger partial charge in [0.05, 0.1) is 6.42 Å². The molecule has 0 spiro atoms. The number of nitrogens with one attached hydrogen (secondary N) is 3. The average molecular weight is 549 g/mol. The summed E-state index contributed by atoms with van der Waals surface area (Å²) in [6.07, 6.45) is 3.45. The van der Waals surface area contributed by atoms with Crippen molar-refractivity contribution < 1.29 is 23.5 Å². The molecule has 3 N–H and O–H groups in total. The number of ether oxygens (including phenoxy) is 1. The number of nitrogens with zero attached hydrogens (tertiary/aromatic N) is 3. The number of imide groups is 1. The molecule has 10 nitrogen and oxygen atoms in total. The largest absolute Gasteiger partial charge is 0.457 e. The van der Waals surface area contributed by atoms with Gasteiger partial charge in [0.1, 0.15) is 23.1 Å². The summed E-state index contributed by atoms with van der Waals surface area (Å²) in [4.78, 5) is 45.1. The first-order valence-corrected chi connectivity index (χ1v) is 13.0. The molecular formula is C29H33FN6O4. The summed E-state index contributed by atoms with van der Waals surface area (Å²) in [6.45, 7) is 2.45. The van der Waals surface area contributed by atoms with E-state index in [4.69, 9.17) is 4.74 Å². The second-order valence-corrected chi connectivity index (χ2v) is 9.93. The van der Waals surface area contributed by atoms with Gasteiger partial charge < -0.3 is 19.9 Å². The molecule has 1 saturated heterocycles. The van der Waals surface area contributed by atoms with Crippen LogP contribution in [0.3, 0.4) is 0 Å². The summed E-state index contributed by atoms with van der Waals surface area (Å²) in [5.74, 6) is 1.06. The first kappa shape index (κ1) is 28.5. The lowest BCUT2D eigenvalue weighted by Gasteiger charge is -2.33. The summed E-state index contributed by atoms with van der Waals surface area (Å²) in [5, 5.41) is 7.67. The number of hydrogen-bond donors (Lipinski definition) is 3. The zero-order chi connectivity index (χ0) is 28.5. The van der Waals surface area contributed by atoms with E-state index in [1.165, 1.54) is 24.3 Å². The zero-order valence-corrected chi connectivity index (χ0v) is 22.5. The Morgan fingerprint density at radius 3 is 2.35 bits per heavy atom. The number of amides is 5. The van der Waals surface area contributed by atoms with Crippen LogP contribution in [-0.2, 0) is 11.2 Å². The number of likely N-dealkylation sites (tertiary alicyclic amines) is 1. The number of rotatable bonds is 8. The van der Waals surface area contributed by atoms with Gasteiger partial charge in [-0.2, -0.15) is 0 Å². The summed E-state index contributed by atoms with van der Waals surface area (Å²) >= 11 is 0. The smallest absolute Gasteiger partial charge is 0.325 e. The lowest BCUT2D eigenvalue weighted by atomic mass is 9.97. The van der Waals surface area contributed by atoms with E-state index >= 15 is 0 Å². The highest BCUT2D eigenvalue weighted by atomic mass is 19.1. The van der Waals surface area contributed by atoms with E-state index in [9.17, 15) is 18.8 Å². The minimum Gasteiger partial charge on any atom is -0.457 e. The highest BCUT2D eigenvalue weighted by Crippen LogP contribution is 2.25. The second-order valence-electron chi connectivity index (χ2n) is 9.93. The molecule has 0 bridgehead atoms. The molecule has 0 aliphatic carbocycles. The molecule has 3 aromatic rings. The number of anilines is 2. The van der Waals surface area contributed by atoms with Crippen molar-refractivity contribution in [3.8, 4) is 11.5 Å². The Morgan fingerprint density at radius 1 is 0.975 bits per heavy atom. The third kappa shape index (κ3) is 8.77. The predicted octanol–water partition coefficient (Wildman–Crippen LogP) is 4.71. The van der Waals surface area contributed by atoms with Gasteiger partial charge in [0.25, 0.3) is 0 Å². The molecule has 2 aromatic carbocycles. The molecule has 0 unspecified atom stereocenters. The van der Waals surface area contributed by atoms with E-state index in [2.05, 4.69) is 39.9 Å². The fraction of sp³-hybridized carbons (Fsp3) is 0.310.